The zero-order valence-electron chi connectivity index (χ0n) is 14.4. The Hall–Kier alpha value is -1.07. The van der Waals surface area contributed by atoms with Crippen LogP contribution in [0.1, 0.15) is 46.5 Å². The number of benzene rings is 1. The van der Waals surface area contributed by atoms with E-state index in [0.29, 0.717) is 13.2 Å². The van der Waals surface area contributed by atoms with Crippen LogP contribution in [0.2, 0.25) is 0 Å². The van der Waals surface area contributed by atoms with E-state index in [9.17, 15) is 4.79 Å². The number of hydrogen-bond donors (Lipinski definition) is 1. The van der Waals surface area contributed by atoms with Gasteiger partial charge >= 0.3 is 0 Å². The van der Waals surface area contributed by atoms with E-state index in [1.165, 1.54) is 0 Å². The molecule has 0 unspecified atom stereocenters. The van der Waals surface area contributed by atoms with Gasteiger partial charge in [-0.25, -0.2) is 0 Å². The summed E-state index contributed by atoms with van der Waals surface area (Å²) >= 11 is 3.32. The number of anilines is 1. The van der Waals surface area contributed by atoms with Crippen LogP contribution in [0, 0.1) is 0 Å². The van der Waals surface area contributed by atoms with Crippen molar-refractivity contribution in [3.8, 4) is 5.75 Å². The van der Waals surface area contributed by atoms with Crippen LogP contribution in [0.5, 0.6) is 5.75 Å². The third-order valence-electron chi connectivity index (χ3n) is 3.57. The summed E-state index contributed by atoms with van der Waals surface area (Å²) in [5, 5.41) is 3.74. The van der Waals surface area contributed by atoms with Gasteiger partial charge < -0.3 is 14.8 Å². The van der Waals surface area contributed by atoms with Crippen LogP contribution in [0.4, 0.5) is 5.69 Å². The van der Waals surface area contributed by atoms with Crippen LogP contribution in [0.15, 0.2) is 24.3 Å². The van der Waals surface area contributed by atoms with E-state index in [4.69, 9.17) is 9.47 Å². The lowest BCUT2D eigenvalue weighted by Crippen LogP contribution is -2.43. The lowest BCUT2D eigenvalue weighted by molar-refractivity contribution is -0.140. The average Bonchev–Trinajstić information content (AvgIpc) is 2.57. The summed E-state index contributed by atoms with van der Waals surface area (Å²) < 4.78 is 11.4. The second-order valence-electron chi connectivity index (χ2n) is 5.70. The Balaban J connectivity index is 2.69. The largest absolute Gasteiger partial charge is 0.493 e. The molecule has 0 aliphatic carbocycles. The molecule has 0 saturated carbocycles. The highest BCUT2D eigenvalue weighted by atomic mass is 79.9. The summed E-state index contributed by atoms with van der Waals surface area (Å²) in [4.78, 5) is 12.6. The number of nitrogens with one attached hydrogen (secondary N) is 1. The molecule has 0 aliphatic heterocycles. The lowest BCUT2D eigenvalue weighted by Gasteiger charge is -2.28. The molecule has 0 spiro atoms. The third kappa shape index (κ3) is 6.92. The topological polar surface area (TPSA) is 47.6 Å². The molecule has 1 aromatic rings. The van der Waals surface area contributed by atoms with E-state index in [1.807, 2.05) is 38.1 Å². The first kappa shape index (κ1) is 20.0. The van der Waals surface area contributed by atoms with Crippen molar-refractivity contribution in [1.29, 1.82) is 0 Å². The van der Waals surface area contributed by atoms with E-state index in [0.717, 1.165) is 42.5 Å². The molecule has 0 aromatic heterocycles. The van der Waals surface area contributed by atoms with Crippen LogP contribution in [-0.4, -0.2) is 30.1 Å². The van der Waals surface area contributed by atoms with Gasteiger partial charge in [0.15, 0.2) is 0 Å². The maximum Gasteiger partial charge on any atom is 0.256 e. The van der Waals surface area contributed by atoms with Crippen molar-refractivity contribution in [1.82, 2.24) is 0 Å². The summed E-state index contributed by atoms with van der Waals surface area (Å²) in [6.07, 6.45) is 3.63. The highest BCUT2D eigenvalue weighted by molar-refractivity contribution is 9.09. The fourth-order valence-electron chi connectivity index (χ4n) is 2.15. The Morgan fingerprint density at radius 1 is 1.17 bits per heavy atom. The van der Waals surface area contributed by atoms with Gasteiger partial charge in [0.1, 0.15) is 11.4 Å². The predicted molar refractivity (Wildman–Crippen MR) is 98.5 cm³/mol. The van der Waals surface area contributed by atoms with Crippen molar-refractivity contribution < 1.29 is 14.3 Å². The molecule has 4 nitrogen and oxygen atoms in total. The quantitative estimate of drug-likeness (QED) is 0.557. The first-order chi connectivity index (χ1) is 11.1. The van der Waals surface area contributed by atoms with Crippen LogP contribution in [0.25, 0.3) is 0 Å². The molecular weight excluding hydrogens is 358 g/mol. The first-order valence-corrected chi connectivity index (χ1v) is 9.42. The van der Waals surface area contributed by atoms with E-state index < -0.39 is 5.60 Å². The minimum absolute atomic E-state index is 0.0893. The first-order valence-electron chi connectivity index (χ1n) is 8.30. The molecular formula is C18H28BrNO3. The maximum absolute atomic E-state index is 12.6. The van der Waals surface area contributed by atoms with E-state index in [2.05, 4.69) is 28.2 Å². The second-order valence-corrected chi connectivity index (χ2v) is 6.49. The molecule has 23 heavy (non-hydrogen) atoms. The van der Waals surface area contributed by atoms with Crippen LogP contribution in [0.3, 0.4) is 0 Å². The Labute approximate surface area is 148 Å². The van der Waals surface area contributed by atoms with Gasteiger partial charge in [-0.1, -0.05) is 42.6 Å². The molecule has 1 atom stereocenters. The summed E-state index contributed by atoms with van der Waals surface area (Å²) in [5.74, 6) is 0.701. The fraction of sp³-hybridized carbons (Fsp3) is 0.611. The number of carbonyl (C=O) groups is 1. The molecule has 0 bridgehead atoms. The number of amides is 1. The third-order valence-corrected chi connectivity index (χ3v) is 3.89. The van der Waals surface area contributed by atoms with Crippen molar-refractivity contribution in [2.75, 3.05) is 23.9 Å². The second kappa shape index (κ2) is 10.7. The fourth-order valence-corrected chi connectivity index (χ4v) is 2.31. The van der Waals surface area contributed by atoms with Crippen molar-refractivity contribution in [3.05, 3.63) is 24.3 Å². The van der Waals surface area contributed by atoms with Crippen LogP contribution < -0.4 is 10.1 Å². The highest BCUT2D eigenvalue weighted by Crippen LogP contribution is 2.23. The summed E-state index contributed by atoms with van der Waals surface area (Å²) in [6, 6.07) is 7.41. The normalized spacial score (nSPS) is 13.4. The number of alkyl halides is 1. The Morgan fingerprint density at radius 3 is 2.43 bits per heavy atom. The molecule has 1 N–H and O–H groups in total. The SMILES string of the molecule is CCCC[C@@](C)(OCCC)C(=O)Nc1ccc(OCCBr)cc1. The molecule has 0 aliphatic rings. The number of unbranched alkanes of at least 4 members (excludes halogenated alkanes) is 1. The zero-order chi connectivity index (χ0) is 17.1. The summed E-state index contributed by atoms with van der Waals surface area (Å²) in [6.45, 7) is 7.24. The number of hydrogen-bond acceptors (Lipinski definition) is 3. The molecule has 1 aromatic carbocycles. The van der Waals surface area contributed by atoms with Gasteiger partial charge in [0.25, 0.3) is 5.91 Å². The van der Waals surface area contributed by atoms with E-state index >= 15 is 0 Å². The van der Waals surface area contributed by atoms with E-state index in [1.54, 1.807) is 0 Å². The minimum atomic E-state index is -0.781. The van der Waals surface area contributed by atoms with Gasteiger partial charge in [0, 0.05) is 17.6 Å². The van der Waals surface area contributed by atoms with Gasteiger partial charge in [-0.3, -0.25) is 4.79 Å². The minimum Gasteiger partial charge on any atom is -0.493 e. The average molecular weight is 386 g/mol. The van der Waals surface area contributed by atoms with E-state index in [-0.39, 0.29) is 5.91 Å². The number of carbonyl (C=O) groups excluding carboxylic acids is 1. The van der Waals surface area contributed by atoms with Crippen molar-refractivity contribution in [3.63, 3.8) is 0 Å². The predicted octanol–water partition coefficient (Wildman–Crippen LogP) is 4.77. The Kier molecular flexibility index (Phi) is 9.26. The standard InChI is InChI=1S/C18H28BrNO3/c1-4-6-11-18(3,23-13-5-2)17(21)20-15-7-9-16(10-8-15)22-14-12-19/h7-10H,4-6,11-14H2,1-3H3,(H,20,21)/t18-/m1/s1. The van der Waals surface area contributed by atoms with Crippen LogP contribution in [-0.2, 0) is 9.53 Å². The smallest absolute Gasteiger partial charge is 0.256 e. The van der Waals surface area contributed by atoms with Crippen molar-refractivity contribution >= 4 is 27.5 Å². The van der Waals surface area contributed by atoms with Gasteiger partial charge in [-0.15, -0.1) is 0 Å². The van der Waals surface area contributed by atoms with Crippen LogP contribution >= 0.6 is 15.9 Å². The molecule has 0 fully saturated rings. The number of rotatable bonds is 11. The van der Waals surface area contributed by atoms with Crippen molar-refractivity contribution in [2.24, 2.45) is 0 Å². The highest BCUT2D eigenvalue weighted by Gasteiger charge is 2.33. The van der Waals surface area contributed by atoms with Gasteiger partial charge in [-0.2, -0.15) is 0 Å². The van der Waals surface area contributed by atoms with Gasteiger partial charge in [0.2, 0.25) is 0 Å². The number of ether oxygens (including phenoxy) is 2. The monoisotopic (exact) mass is 385 g/mol. The maximum atomic E-state index is 12.6. The zero-order valence-corrected chi connectivity index (χ0v) is 15.9. The molecule has 0 radical (unpaired) electrons. The molecule has 5 heteroatoms. The van der Waals surface area contributed by atoms with Crippen molar-refractivity contribution in [2.45, 2.75) is 52.1 Å². The molecule has 1 amide bonds. The summed E-state index contributed by atoms with van der Waals surface area (Å²) in [5.41, 5.74) is -0.0269. The molecule has 1 rings (SSSR count). The summed E-state index contributed by atoms with van der Waals surface area (Å²) in [7, 11) is 0. The molecule has 0 heterocycles. The van der Waals surface area contributed by atoms with Gasteiger partial charge in [0.05, 0.1) is 6.61 Å². The molecule has 0 saturated heterocycles. The molecule has 130 valence electrons. The lowest BCUT2D eigenvalue weighted by atomic mass is 9.97. The Bertz CT molecular complexity index is 454. The number of halogens is 1. The Morgan fingerprint density at radius 2 is 1.87 bits per heavy atom. The van der Waals surface area contributed by atoms with Gasteiger partial charge in [-0.05, 0) is 44.0 Å².